The molecular formula is C56H117NO5. The zero-order valence-electron chi connectivity index (χ0n) is 43.7. The average Bonchev–Trinajstić information content (AvgIpc) is 3.29. The molecule has 6 heteroatoms. The Morgan fingerprint density at radius 3 is 0.806 bits per heavy atom. The molecule has 0 amide bonds. The van der Waals surface area contributed by atoms with Crippen LogP contribution >= 0.6 is 0 Å². The van der Waals surface area contributed by atoms with Crippen LogP contribution in [0, 0.1) is 11.8 Å². The number of aliphatic hydroxyl groups is 1. The van der Waals surface area contributed by atoms with Gasteiger partial charge in [0.1, 0.15) is 0 Å². The first-order chi connectivity index (χ1) is 30.5. The summed E-state index contributed by atoms with van der Waals surface area (Å²) in [6, 6.07) is 0. The minimum absolute atomic E-state index is 0.258. The Morgan fingerprint density at radius 2 is 0.565 bits per heavy atom. The van der Waals surface area contributed by atoms with Crippen LogP contribution in [0.2, 0.25) is 0 Å². The molecule has 6 nitrogen and oxygen atoms in total. The number of nitrogens with one attached hydrogen (secondary N) is 1. The molecule has 0 heterocycles. The summed E-state index contributed by atoms with van der Waals surface area (Å²) in [6.07, 6.45) is 53.7. The van der Waals surface area contributed by atoms with E-state index < -0.39 is 0 Å². The monoisotopic (exact) mass is 884 g/mol. The Bertz CT molecular complexity index is 677. The second kappa shape index (κ2) is 68.9. The summed E-state index contributed by atoms with van der Waals surface area (Å²) in [6.45, 7) is 20.3. The molecule has 0 aromatic rings. The Balaban J connectivity index is -0.000000403. The fourth-order valence-electron chi connectivity index (χ4n) is 7.91. The first kappa shape index (κ1) is 67.5. The van der Waals surface area contributed by atoms with Gasteiger partial charge >= 0.3 is 0 Å². The van der Waals surface area contributed by atoms with Crippen LogP contribution in [0.15, 0.2) is 0 Å². The van der Waals surface area contributed by atoms with E-state index in [1.54, 1.807) is 0 Å². The molecule has 0 aliphatic rings. The molecule has 0 radical (unpaired) electrons. The number of ether oxygens (including phenoxy) is 2. The number of hydrogen-bond acceptors (Lipinski definition) is 6. The van der Waals surface area contributed by atoms with E-state index in [1.807, 2.05) is 0 Å². The van der Waals surface area contributed by atoms with Crippen molar-refractivity contribution in [3.05, 3.63) is 0 Å². The van der Waals surface area contributed by atoms with Crippen molar-refractivity contribution >= 4 is 12.9 Å². The van der Waals surface area contributed by atoms with Gasteiger partial charge in [-0.05, 0) is 50.5 Å². The zero-order valence-corrected chi connectivity index (χ0v) is 43.7. The fraction of sp³-hybridized carbons (Fsp3) is 0.964. The van der Waals surface area contributed by atoms with Crippen molar-refractivity contribution in [1.29, 1.82) is 0 Å². The van der Waals surface area contributed by atoms with Crippen molar-refractivity contribution in [1.82, 2.24) is 5.32 Å². The van der Waals surface area contributed by atoms with Crippen molar-refractivity contribution in [3.63, 3.8) is 0 Å². The Labute approximate surface area is 391 Å². The maximum atomic E-state index is 10.4. The third-order valence-corrected chi connectivity index (χ3v) is 12.1. The number of rotatable bonds is 48. The smallest absolute Gasteiger partial charge is 0.293 e. The Hall–Kier alpha value is -1.14. The van der Waals surface area contributed by atoms with E-state index in [9.17, 15) is 9.59 Å². The number of hydrogen-bond donors (Lipinski definition) is 2. The molecule has 2 N–H and O–H groups in total. The van der Waals surface area contributed by atoms with Gasteiger partial charge in [0.25, 0.3) is 12.9 Å². The van der Waals surface area contributed by atoms with Gasteiger partial charge in [-0.25, -0.2) is 0 Å². The molecule has 2 unspecified atom stereocenters. The van der Waals surface area contributed by atoms with Crippen LogP contribution in [0.25, 0.3) is 0 Å². The number of unbranched alkanes of at least 4 members (excludes halogenated alkanes) is 30. The molecule has 0 aliphatic carbocycles. The van der Waals surface area contributed by atoms with Crippen molar-refractivity contribution in [3.8, 4) is 0 Å². The lowest BCUT2D eigenvalue weighted by Gasteiger charge is -2.15. The van der Waals surface area contributed by atoms with E-state index in [2.05, 4.69) is 53.8 Å². The molecule has 0 rings (SSSR count). The lowest BCUT2D eigenvalue weighted by atomic mass is 9.94. The van der Waals surface area contributed by atoms with E-state index in [0.29, 0.717) is 38.0 Å². The molecule has 0 aromatic heterocycles. The molecule has 0 fully saturated rings. The molecule has 376 valence electrons. The van der Waals surface area contributed by atoms with Crippen LogP contribution < -0.4 is 5.32 Å². The van der Waals surface area contributed by atoms with Gasteiger partial charge in [0, 0.05) is 6.54 Å². The fourth-order valence-corrected chi connectivity index (χ4v) is 7.91. The largest absolute Gasteiger partial charge is 0.468 e. The van der Waals surface area contributed by atoms with Crippen LogP contribution in [0.3, 0.4) is 0 Å². The van der Waals surface area contributed by atoms with E-state index in [4.69, 9.17) is 14.6 Å². The summed E-state index contributed by atoms with van der Waals surface area (Å²) in [7, 11) is 0. The van der Waals surface area contributed by atoms with Gasteiger partial charge in [-0.1, -0.05) is 273 Å². The van der Waals surface area contributed by atoms with E-state index in [0.717, 1.165) is 13.1 Å². The highest BCUT2D eigenvalue weighted by Crippen LogP contribution is 2.21. The zero-order chi connectivity index (χ0) is 46.5. The second-order valence-corrected chi connectivity index (χ2v) is 18.5. The third kappa shape index (κ3) is 70.5. The van der Waals surface area contributed by atoms with Crippen LogP contribution in [-0.2, 0) is 19.1 Å². The molecule has 0 saturated carbocycles. The van der Waals surface area contributed by atoms with Gasteiger partial charge in [-0.2, -0.15) is 0 Å². The first-order valence-corrected chi connectivity index (χ1v) is 27.9. The van der Waals surface area contributed by atoms with Gasteiger partial charge < -0.3 is 19.9 Å². The molecule has 62 heavy (non-hydrogen) atoms. The maximum Gasteiger partial charge on any atom is 0.293 e. The SMILES string of the molecule is CCCCCC.CCCCCCCCCCC(CCCCCCCC)COC=O.CCCCCCCCCCC(CCCCCCCC)COC=O.CCCCCCNCCO. The highest BCUT2D eigenvalue weighted by atomic mass is 16.5. The van der Waals surface area contributed by atoms with E-state index >= 15 is 0 Å². The molecule has 0 saturated heterocycles. The number of aliphatic hydroxyl groups excluding tert-OH is 1. The Kier molecular flexibility index (Phi) is 75.0. The Morgan fingerprint density at radius 1 is 0.339 bits per heavy atom. The number of carbonyl (C=O) groups excluding carboxylic acids is 2. The predicted octanol–water partition coefficient (Wildman–Crippen LogP) is 17.8. The number of carbonyl (C=O) groups is 2. The minimum Gasteiger partial charge on any atom is -0.468 e. The van der Waals surface area contributed by atoms with Crippen LogP contribution in [0.4, 0.5) is 0 Å². The third-order valence-electron chi connectivity index (χ3n) is 12.1. The van der Waals surface area contributed by atoms with Gasteiger partial charge in [0.05, 0.1) is 19.8 Å². The topological polar surface area (TPSA) is 84.9 Å². The van der Waals surface area contributed by atoms with Gasteiger partial charge in [-0.15, -0.1) is 0 Å². The van der Waals surface area contributed by atoms with Crippen molar-refractivity contribution in [2.45, 2.75) is 305 Å². The van der Waals surface area contributed by atoms with E-state index in [-0.39, 0.29) is 6.61 Å². The molecule has 0 aliphatic heterocycles. The second-order valence-electron chi connectivity index (χ2n) is 18.5. The standard InChI is InChI=1S/2C21H42O2.C8H19NO.C6H14/c2*1-3-5-7-9-11-12-14-16-18-21(19-23-20-22)17-15-13-10-8-6-4-2;1-2-3-4-5-6-9-7-8-10;1-3-5-6-4-2/h2*20-21H,3-19H2,1-2H3;9-10H,2-8H2,1H3;3-6H2,1-2H3. The molecule has 0 aromatic carbocycles. The van der Waals surface area contributed by atoms with Gasteiger partial charge in [-0.3, -0.25) is 9.59 Å². The normalized spacial score (nSPS) is 11.6. The van der Waals surface area contributed by atoms with Gasteiger partial charge in [0.15, 0.2) is 0 Å². The summed E-state index contributed by atoms with van der Waals surface area (Å²) in [5.41, 5.74) is 0. The first-order valence-electron chi connectivity index (χ1n) is 27.9. The molecule has 0 bridgehead atoms. The maximum absolute atomic E-state index is 10.4. The average molecular weight is 885 g/mol. The summed E-state index contributed by atoms with van der Waals surface area (Å²) < 4.78 is 10.1. The molecule has 2 atom stereocenters. The summed E-state index contributed by atoms with van der Waals surface area (Å²) in [5.74, 6) is 1.18. The van der Waals surface area contributed by atoms with Crippen molar-refractivity contribution in [2.24, 2.45) is 11.8 Å². The summed E-state index contributed by atoms with van der Waals surface area (Å²) in [4.78, 5) is 20.9. The highest BCUT2D eigenvalue weighted by Gasteiger charge is 2.10. The summed E-state index contributed by atoms with van der Waals surface area (Å²) in [5, 5.41) is 11.6. The quantitative estimate of drug-likeness (QED) is 0.0468. The highest BCUT2D eigenvalue weighted by molar-refractivity contribution is 5.37. The predicted molar refractivity (Wildman–Crippen MR) is 275 cm³/mol. The molecular weight excluding hydrogens is 767 g/mol. The van der Waals surface area contributed by atoms with Crippen LogP contribution in [-0.4, -0.2) is 51.0 Å². The lowest BCUT2D eigenvalue weighted by molar-refractivity contribution is -0.130. The minimum atomic E-state index is 0.258. The van der Waals surface area contributed by atoms with Crippen molar-refractivity contribution in [2.75, 3.05) is 32.9 Å². The lowest BCUT2D eigenvalue weighted by Crippen LogP contribution is -2.19. The van der Waals surface area contributed by atoms with Crippen LogP contribution in [0.5, 0.6) is 0 Å². The van der Waals surface area contributed by atoms with Crippen molar-refractivity contribution < 1.29 is 24.2 Å². The van der Waals surface area contributed by atoms with E-state index in [1.165, 1.54) is 257 Å². The summed E-state index contributed by atoms with van der Waals surface area (Å²) >= 11 is 0. The van der Waals surface area contributed by atoms with Crippen LogP contribution in [0.1, 0.15) is 305 Å². The van der Waals surface area contributed by atoms with Gasteiger partial charge in [0.2, 0.25) is 0 Å². The molecule has 0 spiro atoms.